The SMILES string of the molecule is CC(=O)O[C@H]1[C@@H](OC(C)=O)CC[C@]2(C)[C@@H](O)CC[C@@H]12. The van der Waals surface area contributed by atoms with Gasteiger partial charge in [0.05, 0.1) is 6.10 Å². The molecule has 1 N–H and O–H groups in total. The fourth-order valence-electron chi connectivity index (χ4n) is 3.70. The Morgan fingerprint density at radius 3 is 2.32 bits per heavy atom. The van der Waals surface area contributed by atoms with Crippen molar-refractivity contribution in [2.24, 2.45) is 11.3 Å². The maximum Gasteiger partial charge on any atom is 0.303 e. The summed E-state index contributed by atoms with van der Waals surface area (Å²) in [6.45, 7) is 4.76. The van der Waals surface area contributed by atoms with E-state index in [0.29, 0.717) is 12.8 Å². The van der Waals surface area contributed by atoms with Crippen molar-refractivity contribution < 1.29 is 24.2 Å². The first-order chi connectivity index (χ1) is 8.84. The molecule has 2 rings (SSSR count). The van der Waals surface area contributed by atoms with E-state index in [1.54, 1.807) is 0 Å². The Bertz CT molecular complexity index is 380. The highest BCUT2D eigenvalue weighted by molar-refractivity contribution is 5.67. The second-order valence-electron chi connectivity index (χ2n) is 5.97. The first-order valence-electron chi connectivity index (χ1n) is 6.87. The van der Waals surface area contributed by atoms with Crippen molar-refractivity contribution in [2.45, 2.75) is 64.8 Å². The lowest BCUT2D eigenvalue weighted by molar-refractivity contribution is -0.185. The molecule has 5 atom stereocenters. The molecule has 5 nitrogen and oxygen atoms in total. The fraction of sp³-hybridized carbons (Fsp3) is 0.857. The molecule has 0 saturated heterocycles. The first-order valence-corrected chi connectivity index (χ1v) is 6.87. The minimum Gasteiger partial charge on any atom is -0.459 e. The van der Waals surface area contributed by atoms with E-state index in [4.69, 9.17) is 9.47 Å². The normalized spacial score (nSPS) is 41.5. The smallest absolute Gasteiger partial charge is 0.303 e. The van der Waals surface area contributed by atoms with Crippen LogP contribution in [0.5, 0.6) is 0 Å². The van der Waals surface area contributed by atoms with Crippen LogP contribution in [-0.4, -0.2) is 35.4 Å². The van der Waals surface area contributed by atoms with E-state index in [1.807, 2.05) is 6.92 Å². The predicted molar refractivity (Wildman–Crippen MR) is 67.2 cm³/mol. The zero-order valence-corrected chi connectivity index (χ0v) is 11.7. The fourth-order valence-corrected chi connectivity index (χ4v) is 3.70. The Morgan fingerprint density at radius 1 is 1.11 bits per heavy atom. The monoisotopic (exact) mass is 270 g/mol. The van der Waals surface area contributed by atoms with Gasteiger partial charge in [-0.25, -0.2) is 0 Å². The minimum absolute atomic E-state index is 0.0597. The van der Waals surface area contributed by atoms with Gasteiger partial charge in [0.15, 0.2) is 0 Å². The van der Waals surface area contributed by atoms with Gasteiger partial charge in [0.2, 0.25) is 0 Å². The standard InChI is InChI=1S/C14H22O5/c1-8(15)18-11-6-7-14(3)10(4-5-12(14)17)13(11)19-9(2)16/h10-13,17H,4-7H2,1-3H3/t10-,11-,12-,13+,14-/m0/s1. The van der Waals surface area contributed by atoms with E-state index >= 15 is 0 Å². The van der Waals surface area contributed by atoms with Gasteiger partial charge in [-0.1, -0.05) is 6.92 Å². The summed E-state index contributed by atoms with van der Waals surface area (Å²) in [6.07, 6.45) is 1.74. The largest absolute Gasteiger partial charge is 0.459 e. The summed E-state index contributed by atoms with van der Waals surface area (Å²) < 4.78 is 10.7. The summed E-state index contributed by atoms with van der Waals surface area (Å²) >= 11 is 0. The molecule has 19 heavy (non-hydrogen) atoms. The van der Waals surface area contributed by atoms with E-state index in [9.17, 15) is 14.7 Å². The third-order valence-corrected chi connectivity index (χ3v) is 4.71. The summed E-state index contributed by atoms with van der Waals surface area (Å²) in [7, 11) is 0. The van der Waals surface area contributed by atoms with Crippen molar-refractivity contribution in [3.8, 4) is 0 Å². The molecule has 0 amide bonds. The second kappa shape index (κ2) is 5.12. The zero-order chi connectivity index (χ0) is 14.2. The van der Waals surface area contributed by atoms with Gasteiger partial charge >= 0.3 is 11.9 Å². The Labute approximate surface area is 113 Å². The van der Waals surface area contributed by atoms with Gasteiger partial charge in [-0.3, -0.25) is 9.59 Å². The number of rotatable bonds is 2. The second-order valence-corrected chi connectivity index (χ2v) is 5.97. The van der Waals surface area contributed by atoms with Gasteiger partial charge in [-0.15, -0.1) is 0 Å². The molecule has 0 unspecified atom stereocenters. The van der Waals surface area contributed by atoms with Crippen molar-refractivity contribution >= 4 is 11.9 Å². The molecule has 0 aromatic rings. The molecule has 2 saturated carbocycles. The molecular weight excluding hydrogens is 248 g/mol. The Hall–Kier alpha value is -1.10. The van der Waals surface area contributed by atoms with E-state index in [0.717, 1.165) is 12.8 Å². The minimum atomic E-state index is -0.433. The van der Waals surface area contributed by atoms with Crippen LogP contribution in [0.1, 0.15) is 46.5 Å². The first kappa shape index (κ1) is 14.3. The molecule has 0 radical (unpaired) electrons. The van der Waals surface area contributed by atoms with Gasteiger partial charge in [0.25, 0.3) is 0 Å². The number of ether oxygens (including phenoxy) is 2. The van der Waals surface area contributed by atoms with Crippen molar-refractivity contribution in [2.75, 3.05) is 0 Å². The summed E-state index contributed by atoms with van der Waals surface area (Å²) in [5, 5.41) is 10.2. The molecule has 108 valence electrons. The third-order valence-electron chi connectivity index (χ3n) is 4.71. The number of hydrogen-bond donors (Lipinski definition) is 1. The van der Waals surface area contributed by atoms with Crippen molar-refractivity contribution in [1.82, 2.24) is 0 Å². The maximum absolute atomic E-state index is 11.3. The number of carbonyl (C=O) groups is 2. The molecule has 5 heteroatoms. The van der Waals surface area contributed by atoms with Crippen molar-refractivity contribution in [3.05, 3.63) is 0 Å². The molecule has 2 fully saturated rings. The molecule has 0 aromatic heterocycles. The predicted octanol–water partition coefficient (Wildman–Crippen LogP) is 1.42. The average Bonchev–Trinajstić information content (AvgIpc) is 2.59. The number of esters is 2. The van der Waals surface area contributed by atoms with E-state index < -0.39 is 6.10 Å². The van der Waals surface area contributed by atoms with Crippen molar-refractivity contribution in [3.63, 3.8) is 0 Å². The van der Waals surface area contributed by atoms with Crippen LogP contribution >= 0.6 is 0 Å². The van der Waals surface area contributed by atoms with Gasteiger partial charge in [-0.2, -0.15) is 0 Å². The lowest BCUT2D eigenvalue weighted by Crippen LogP contribution is -2.51. The highest BCUT2D eigenvalue weighted by Gasteiger charge is 2.55. The van der Waals surface area contributed by atoms with Gasteiger partial charge in [0, 0.05) is 25.2 Å². The number of aliphatic hydroxyl groups is 1. The topological polar surface area (TPSA) is 72.8 Å². The Balaban J connectivity index is 2.21. The van der Waals surface area contributed by atoms with Crippen LogP contribution in [0.2, 0.25) is 0 Å². The summed E-state index contributed by atoms with van der Waals surface area (Å²) in [6, 6.07) is 0. The lowest BCUT2D eigenvalue weighted by atomic mass is 9.66. The molecule has 0 aliphatic heterocycles. The molecular formula is C14H22O5. The van der Waals surface area contributed by atoms with Crippen LogP contribution in [0, 0.1) is 11.3 Å². The van der Waals surface area contributed by atoms with Crippen LogP contribution in [0.4, 0.5) is 0 Å². The summed E-state index contributed by atoms with van der Waals surface area (Å²) in [5.41, 5.74) is -0.239. The molecule has 0 aromatic carbocycles. The molecule has 0 bridgehead atoms. The van der Waals surface area contributed by atoms with Gasteiger partial charge in [-0.05, 0) is 25.7 Å². The molecule has 0 spiro atoms. The van der Waals surface area contributed by atoms with Crippen molar-refractivity contribution in [1.29, 1.82) is 0 Å². The quantitative estimate of drug-likeness (QED) is 0.768. The highest BCUT2D eigenvalue weighted by atomic mass is 16.6. The average molecular weight is 270 g/mol. The van der Waals surface area contributed by atoms with Crippen LogP contribution < -0.4 is 0 Å². The van der Waals surface area contributed by atoms with Crippen LogP contribution in [0.25, 0.3) is 0 Å². The Kier molecular flexibility index (Phi) is 3.85. The van der Waals surface area contributed by atoms with Crippen LogP contribution in [0.15, 0.2) is 0 Å². The third kappa shape index (κ3) is 2.61. The van der Waals surface area contributed by atoms with E-state index in [-0.39, 0.29) is 35.5 Å². The molecule has 0 heterocycles. The highest BCUT2D eigenvalue weighted by Crippen LogP contribution is 2.53. The molecule has 2 aliphatic carbocycles. The summed E-state index contributed by atoms with van der Waals surface area (Å²) in [4.78, 5) is 22.5. The zero-order valence-electron chi connectivity index (χ0n) is 11.7. The van der Waals surface area contributed by atoms with E-state index in [1.165, 1.54) is 13.8 Å². The molecule has 2 aliphatic rings. The number of hydrogen-bond acceptors (Lipinski definition) is 5. The number of carbonyl (C=O) groups excluding carboxylic acids is 2. The number of aliphatic hydroxyl groups excluding tert-OH is 1. The Morgan fingerprint density at radius 2 is 1.74 bits per heavy atom. The van der Waals surface area contributed by atoms with Gasteiger partial charge in [0.1, 0.15) is 12.2 Å². The van der Waals surface area contributed by atoms with Crippen LogP contribution in [0.3, 0.4) is 0 Å². The van der Waals surface area contributed by atoms with E-state index in [2.05, 4.69) is 0 Å². The van der Waals surface area contributed by atoms with Gasteiger partial charge < -0.3 is 14.6 Å². The lowest BCUT2D eigenvalue weighted by Gasteiger charge is -2.45. The number of fused-ring (bicyclic) bond motifs is 1. The maximum atomic E-state index is 11.3. The summed E-state index contributed by atoms with van der Waals surface area (Å²) in [5.74, 6) is -0.665. The van der Waals surface area contributed by atoms with Crippen LogP contribution in [-0.2, 0) is 19.1 Å².